The van der Waals surface area contributed by atoms with Crippen molar-refractivity contribution in [1.29, 1.82) is 0 Å². The van der Waals surface area contributed by atoms with Crippen molar-refractivity contribution in [3.8, 4) is 0 Å². The van der Waals surface area contributed by atoms with E-state index in [2.05, 4.69) is 29.4 Å². The van der Waals surface area contributed by atoms with Gasteiger partial charge in [-0.25, -0.2) is 0 Å². The third-order valence-electron chi connectivity index (χ3n) is 2.08. The number of hydrogen-bond acceptors (Lipinski definition) is 5. The highest BCUT2D eigenvalue weighted by molar-refractivity contribution is 4.80. The maximum atomic E-state index is 5.44. The molecule has 0 spiro atoms. The fourth-order valence-electron chi connectivity index (χ4n) is 1.29. The summed E-state index contributed by atoms with van der Waals surface area (Å²) >= 11 is 0. The van der Waals surface area contributed by atoms with Crippen LogP contribution in [0.15, 0.2) is 4.42 Å². The van der Waals surface area contributed by atoms with Crippen LogP contribution < -0.4 is 5.32 Å². The Morgan fingerprint density at radius 1 is 1.25 bits per heavy atom. The van der Waals surface area contributed by atoms with Gasteiger partial charge in [0.15, 0.2) is 0 Å². The molecule has 5 nitrogen and oxygen atoms in total. The van der Waals surface area contributed by atoms with Crippen LogP contribution >= 0.6 is 0 Å². The molecule has 1 N–H and O–H groups in total. The molecule has 1 aromatic rings. The van der Waals surface area contributed by atoms with Crippen LogP contribution in [0.1, 0.15) is 38.5 Å². The van der Waals surface area contributed by atoms with E-state index in [4.69, 9.17) is 9.15 Å². The first-order valence-electron chi connectivity index (χ1n) is 5.96. The number of aromatic nitrogens is 2. The van der Waals surface area contributed by atoms with Crippen molar-refractivity contribution in [2.45, 2.75) is 39.7 Å². The SMILES string of the molecule is CCCOCc1nnc(CCCNCC)o1. The minimum atomic E-state index is 0.425. The van der Waals surface area contributed by atoms with Crippen LogP contribution in [0.3, 0.4) is 0 Å². The number of nitrogens with zero attached hydrogens (tertiary/aromatic N) is 2. The lowest BCUT2D eigenvalue weighted by Gasteiger charge is -1.98. The van der Waals surface area contributed by atoms with Crippen molar-refractivity contribution in [2.75, 3.05) is 19.7 Å². The topological polar surface area (TPSA) is 60.2 Å². The summed E-state index contributed by atoms with van der Waals surface area (Å²) in [4.78, 5) is 0. The van der Waals surface area contributed by atoms with Gasteiger partial charge in [-0.2, -0.15) is 0 Å². The summed E-state index contributed by atoms with van der Waals surface area (Å²) in [5, 5.41) is 11.1. The van der Waals surface area contributed by atoms with Crippen molar-refractivity contribution < 1.29 is 9.15 Å². The van der Waals surface area contributed by atoms with E-state index in [-0.39, 0.29) is 0 Å². The zero-order valence-corrected chi connectivity index (χ0v) is 10.2. The van der Waals surface area contributed by atoms with Gasteiger partial charge in [-0.1, -0.05) is 13.8 Å². The van der Waals surface area contributed by atoms with Crippen LogP contribution in [0.4, 0.5) is 0 Å². The molecule has 92 valence electrons. The zero-order valence-electron chi connectivity index (χ0n) is 10.2. The molecule has 1 rings (SSSR count). The molecule has 1 aromatic heterocycles. The van der Waals surface area contributed by atoms with Crippen molar-refractivity contribution in [3.63, 3.8) is 0 Å². The van der Waals surface area contributed by atoms with Gasteiger partial charge in [0.05, 0.1) is 0 Å². The van der Waals surface area contributed by atoms with Gasteiger partial charge in [-0.05, 0) is 25.9 Å². The van der Waals surface area contributed by atoms with Gasteiger partial charge in [0, 0.05) is 13.0 Å². The molecular formula is C11H21N3O2. The lowest BCUT2D eigenvalue weighted by Crippen LogP contribution is -2.14. The molecule has 0 aliphatic carbocycles. The lowest BCUT2D eigenvalue weighted by molar-refractivity contribution is 0.102. The monoisotopic (exact) mass is 227 g/mol. The molecule has 0 aliphatic rings. The second kappa shape index (κ2) is 8.24. The summed E-state index contributed by atoms with van der Waals surface area (Å²) in [6.07, 6.45) is 2.85. The van der Waals surface area contributed by atoms with E-state index in [0.717, 1.165) is 39.0 Å². The van der Waals surface area contributed by atoms with Crippen molar-refractivity contribution >= 4 is 0 Å². The van der Waals surface area contributed by atoms with E-state index in [1.807, 2.05) is 0 Å². The van der Waals surface area contributed by atoms with Crippen LogP contribution in [-0.4, -0.2) is 29.9 Å². The molecule has 0 atom stereocenters. The summed E-state index contributed by atoms with van der Waals surface area (Å²) < 4.78 is 10.8. The Kier molecular flexibility index (Phi) is 6.76. The standard InChI is InChI=1S/C11H21N3O2/c1-3-8-15-9-11-14-13-10(16-11)6-5-7-12-4-2/h12H,3-9H2,1-2H3. The van der Waals surface area contributed by atoms with E-state index < -0.39 is 0 Å². The first-order valence-corrected chi connectivity index (χ1v) is 5.96. The van der Waals surface area contributed by atoms with Crippen molar-refractivity contribution in [3.05, 3.63) is 11.8 Å². The Labute approximate surface area is 96.6 Å². The molecule has 0 aromatic carbocycles. The zero-order chi connectivity index (χ0) is 11.6. The molecule has 0 saturated heterocycles. The predicted molar refractivity (Wildman–Crippen MR) is 61.1 cm³/mol. The first kappa shape index (κ1) is 13.1. The number of ether oxygens (including phenoxy) is 1. The van der Waals surface area contributed by atoms with Crippen LogP contribution in [0.25, 0.3) is 0 Å². The Morgan fingerprint density at radius 2 is 2.06 bits per heavy atom. The van der Waals surface area contributed by atoms with E-state index in [1.54, 1.807) is 0 Å². The van der Waals surface area contributed by atoms with Gasteiger partial charge in [-0.15, -0.1) is 10.2 Å². The largest absolute Gasteiger partial charge is 0.423 e. The highest BCUT2D eigenvalue weighted by Gasteiger charge is 2.05. The summed E-state index contributed by atoms with van der Waals surface area (Å²) in [7, 11) is 0. The second-order valence-corrected chi connectivity index (χ2v) is 3.60. The molecule has 0 unspecified atom stereocenters. The lowest BCUT2D eigenvalue weighted by atomic mass is 10.3. The quantitative estimate of drug-likeness (QED) is 0.648. The Hall–Kier alpha value is -0.940. The summed E-state index contributed by atoms with van der Waals surface area (Å²) in [6.45, 7) is 7.31. The third-order valence-corrected chi connectivity index (χ3v) is 2.08. The Balaban J connectivity index is 2.17. The fraction of sp³-hybridized carbons (Fsp3) is 0.818. The van der Waals surface area contributed by atoms with Crippen LogP contribution in [0.5, 0.6) is 0 Å². The van der Waals surface area contributed by atoms with Gasteiger partial charge in [0.2, 0.25) is 11.8 Å². The summed E-state index contributed by atoms with van der Waals surface area (Å²) in [6, 6.07) is 0. The van der Waals surface area contributed by atoms with Crippen LogP contribution in [0, 0.1) is 0 Å². The third kappa shape index (κ3) is 5.23. The minimum absolute atomic E-state index is 0.425. The highest BCUT2D eigenvalue weighted by atomic mass is 16.5. The number of aryl methyl sites for hydroxylation is 1. The smallest absolute Gasteiger partial charge is 0.242 e. The van der Waals surface area contributed by atoms with Gasteiger partial charge < -0.3 is 14.5 Å². The van der Waals surface area contributed by atoms with E-state index in [9.17, 15) is 0 Å². The number of nitrogens with one attached hydrogen (secondary N) is 1. The van der Waals surface area contributed by atoms with E-state index in [1.165, 1.54) is 0 Å². The molecule has 0 aliphatic heterocycles. The molecule has 0 amide bonds. The second-order valence-electron chi connectivity index (χ2n) is 3.60. The van der Waals surface area contributed by atoms with Crippen LogP contribution in [0.2, 0.25) is 0 Å². The first-order chi connectivity index (χ1) is 7.86. The average Bonchev–Trinajstić information content (AvgIpc) is 2.73. The number of rotatable bonds is 9. The molecular weight excluding hydrogens is 206 g/mol. The van der Waals surface area contributed by atoms with Gasteiger partial charge in [-0.3, -0.25) is 0 Å². The molecule has 0 fully saturated rings. The van der Waals surface area contributed by atoms with Gasteiger partial charge in [0.25, 0.3) is 0 Å². The molecule has 16 heavy (non-hydrogen) atoms. The molecule has 5 heteroatoms. The Bertz CT molecular complexity index is 276. The molecule has 0 saturated carbocycles. The van der Waals surface area contributed by atoms with Crippen molar-refractivity contribution in [2.24, 2.45) is 0 Å². The average molecular weight is 227 g/mol. The van der Waals surface area contributed by atoms with Gasteiger partial charge >= 0.3 is 0 Å². The van der Waals surface area contributed by atoms with Gasteiger partial charge in [0.1, 0.15) is 6.61 Å². The number of hydrogen-bond donors (Lipinski definition) is 1. The Morgan fingerprint density at radius 3 is 2.81 bits per heavy atom. The van der Waals surface area contributed by atoms with E-state index in [0.29, 0.717) is 18.4 Å². The maximum Gasteiger partial charge on any atom is 0.242 e. The molecule has 0 bridgehead atoms. The van der Waals surface area contributed by atoms with Crippen LogP contribution in [-0.2, 0) is 17.8 Å². The maximum absolute atomic E-state index is 5.44. The summed E-state index contributed by atoms with van der Waals surface area (Å²) in [5.74, 6) is 1.28. The molecule has 0 radical (unpaired) electrons. The molecule has 1 heterocycles. The van der Waals surface area contributed by atoms with Crippen molar-refractivity contribution in [1.82, 2.24) is 15.5 Å². The fourth-order valence-corrected chi connectivity index (χ4v) is 1.29. The predicted octanol–water partition coefficient (Wildman–Crippen LogP) is 1.54. The minimum Gasteiger partial charge on any atom is -0.423 e. The van der Waals surface area contributed by atoms with E-state index >= 15 is 0 Å². The normalized spacial score (nSPS) is 10.9. The highest BCUT2D eigenvalue weighted by Crippen LogP contribution is 2.03. The summed E-state index contributed by atoms with van der Waals surface area (Å²) in [5.41, 5.74) is 0.